The molecule has 3 amide bonds. The van der Waals surface area contributed by atoms with E-state index in [0.717, 1.165) is 16.1 Å². The maximum atomic E-state index is 13.9. The van der Waals surface area contributed by atoms with E-state index in [-0.39, 0.29) is 42.1 Å². The largest absolute Gasteiger partial charge is 0.486 e. The van der Waals surface area contributed by atoms with E-state index in [1.165, 1.54) is 11.3 Å². The molecule has 0 bridgehead atoms. The monoisotopic (exact) mass is 718 g/mol. The second-order valence-electron chi connectivity index (χ2n) is 13.1. The number of likely N-dealkylation sites (N-methyl/N-ethyl adjacent to an activating group) is 1. The summed E-state index contributed by atoms with van der Waals surface area (Å²) in [6, 6.07) is 26.4. The highest BCUT2D eigenvalue weighted by Crippen LogP contribution is 2.35. The Morgan fingerprint density at radius 2 is 1.63 bits per heavy atom. The third kappa shape index (κ3) is 8.31. The van der Waals surface area contributed by atoms with Gasteiger partial charge in [-0.1, -0.05) is 49.4 Å². The average Bonchev–Trinajstić information content (AvgIpc) is 3.70. The quantitative estimate of drug-likeness (QED) is 0.117. The van der Waals surface area contributed by atoms with Gasteiger partial charge in [-0.25, -0.2) is 4.98 Å². The number of nitrogens with two attached hydrogens (primary N) is 1. The fraction of sp³-hybridized carbons (Fsp3) is 0.250. The molecule has 0 unspecified atom stereocenters. The first-order valence-corrected chi connectivity index (χ1v) is 17.9. The van der Waals surface area contributed by atoms with Gasteiger partial charge in [-0.2, -0.15) is 0 Å². The number of nitrogens with zero attached hydrogens (tertiary/aromatic N) is 3. The Hall–Kier alpha value is -5.56. The van der Waals surface area contributed by atoms with Crippen LogP contribution < -0.4 is 21.1 Å². The fourth-order valence-electron chi connectivity index (χ4n) is 6.13. The summed E-state index contributed by atoms with van der Waals surface area (Å²) in [6.45, 7) is 5.07. The van der Waals surface area contributed by atoms with Crippen molar-refractivity contribution in [2.75, 3.05) is 43.1 Å². The minimum absolute atomic E-state index is 0.132. The maximum absolute atomic E-state index is 13.9. The molecule has 1 aliphatic heterocycles. The zero-order chi connectivity index (χ0) is 36.8. The number of aromatic nitrogens is 1. The van der Waals surface area contributed by atoms with Crippen LogP contribution in [0.5, 0.6) is 5.75 Å². The lowest BCUT2D eigenvalue weighted by atomic mass is 9.98. The normalized spacial score (nSPS) is 16.3. The first-order valence-electron chi connectivity index (χ1n) is 17.1. The lowest BCUT2D eigenvalue weighted by Crippen LogP contribution is -2.49. The van der Waals surface area contributed by atoms with Crippen LogP contribution in [0.3, 0.4) is 0 Å². The first-order chi connectivity index (χ1) is 25.1. The fourth-order valence-corrected chi connectivity index (χ4v) is 6.78. The number of nitrogen functional groups attached to an aromatic ring is 1. The molecule has 11 nitrogen and oxygen atoms in total. The van der Waals surface area contributed by atoms with Gasteiger partial charge in [-0.05, 0) is 68.1 Å². The Labute approximate surface area is 307 Å². The number of carbonyl (C=O) groups excluding carboxylic acids is 3. The maximum Gasteiger partial charge on any atom is 0.258 e. The Morgan fingerprint density at radius 1 is 0.981 bits per heavy atom. The van der Waals surface area contributed by atoms with Gasteiger partial charge in [0.25, 0.3) is 17.7 Å². The van der Waals surface area contributed by atoms with Crippen molar-refractivity contribution in [3.63, 3.8) is 0 Å². The summed E-state index contributed by atoms with van der Waals surface area (Å²) in [6.07, 6.45) is 1.35. The Kier molecular flexibility index (Phi) is 11.3. The van der Waals surface area contributed by atoms with Gasteiger partial charge in [0.05, 0.1) is 35.3 Å². The second-order valence-corrected chi connectivity index (χ2v) is 14.0. The van der Waals surface area contributed by atoms with Crippen molar-refractivity contribution in [2.45, 2.75) is 32.5 Å². The van der Waals surface area contributed by atoms with Gasteiger partial charge in [0.2, 0.25) is 0 Å². The Bertz CT molecular complexity index is 2020. The van der Waals surface area contributed by atoms with E-state index in [4.69, 9.17) is 10.5 Å². The topological polar surface area (TPSA) is 150 Å². The number of nitrogens with one attached hydrogen (secondary N) is 2. The van der Waals surface area contributed by atoms with E-state index in [1.807, 2.05) is 62.7 Å². The predicted molar refractivity (Wildman–Crippen MR) is 205 cm³/mol. The molecular formula is C40H42N6O5S. The van der Waals surface area contributed by atoms with Gasteiger partial charge in [0.15, 0.2) is 5.75 Å². The SMILES string of the molecule is C[C@H]1CN([C@@H](C)CO)C(=O)c2cccc(NC(=O)c3ccc(-c4nccs4)cc3)c2O[C@@H]1CN(C)Cc1ccc(C(=O)Nc2ccccc2N)cc1. The lowest BCUT2D eigenvalue weighted by molar-refractivity contribution is 0.0343. The number of hydrogen-bond acceptors (Lipinski definition) is 9. The van der Waals surface area contributed by atoms with E-state index < -0.39 is 6.04 Å². The molecule has 5 N–H and O–H groups in total. The molecular weight excluding hydrogens is 677 g/mol. The standard InChI is InChI=1S/C40H42N6O5S/c1-25-21-46(26(2)24-47)40(50)31-7-6-10-34(44-38(49)29-15-17-30(18-16-29)39-42-19-20-52-39)36(31)51-35(25)23-45(3)22-27-11-13-28(14-12-27)37(48)43-33-9-5-4-8-32(33)41/h4-20,25-26,35,47H,21-24,41H2,1-3H3,(H,43,48)(H,44,49)/t25-,26-,35+/m0/s1. The number of benzene rings is 4. The molecule has 0 saturated carbocycles. The van der Waals surface area contributed by atoms with Crippen molar-refractivity contribution < 1.29 is 24.2 Å². The summed E-state index contributed by atoms with van der Waals surface area (Å²) in [5, 5.41) is 18.7. The third-order valence-corrected chi connectivity index (χ3v) is 9.96. The van der Waals surface area contributed by atoms with E-state index in [0.29, 0.717) is 53.4 Å². The van der Waals surface area contributed by atoms with Gasteiger partial charge in [-0.15, -0.1) is 11.3 Å². The van der Waals surface area contributed by atoms with Crippen molar-refractivity contribution in [2.24, 2.45) is 5.92 Å². The van der Waals surface area contributed by atoms with Crippen LogP contribution in [-0.2, 0) is 6.54 Å². The number of aliphatic hydroxyl groups is 1. The van der Waals surface area contributed by atoms with Crippen molar-refractivity contribution in [3.05, 3.63) is 125 Å². The highest BCUT2D eigenvalue weighted by Gasteiger charge is 2.34. The number of amides is 3. The molecule has 12 heteroatoms. The number of hydrogen-bond donors (Lipinski definition) is 4. The second kappa shape index (κ2) is 16.2. The molecule has 1 aliphatic rings. The van der Waals surface area contributed by atoms with Gasteiger partial charge < -0.3 is 31.1 Å². The zero-order valence-electron chi connectivity index (χ0n) is 29.3. The Morgan fingerprint density at radius 3 is 2.29 bits per heavy atom. The van der Waals surface area contributed by atoms with Gasteiger partial charge in [0, 0.05) is 53.8 Å². The first kappa shape index (κ1) is 36.2. The van der Waals surface area contributed by atoms with E-state index in [1.54, 1.807) is 65.7 Å². The predicted octanol–water partition coefficient (Wildman–Crippen LogP) is 6.25. The summed E-state index contributed by atoms with van der Waals surface area (Å²) < 4.78 is 6.71. The van der Waals surface area contributed by atoms with Crippen molar-refractivity contribution >= 4 is 46.1 Å². The average molecular weight is 719 g/mol. The molecule has 0 aliphatic carbocycles. The summed E-state index contributed by atoms with van der Waals surface area (Å²) in [5.41, 5.74) is 10.6. The lowest BCUT2D eigenvalue weighted by Gasteiger charge is -2.38. The number of rotatable bonds is 11. The number of thiazole rings is 1. The molecule has 52 heavy (non-hydrogen) atoms. The van der Waals surface area contributed by atoms with Gasteiger partial charge >= 0.3 is 0 Å². The highest BCUT2D eigenvalue weighted by molar-refractivity contribution is 7.13. The molecule has 1 aromatic heterocycles. The van der Waals surface area contributed by atoms with Crippen LogP contribution in [0.25, 0.3) is 10.6 Å². The number of fused-ring (bicyclic) bond motifs is 1. The number of aliphatic hydroxyl groups excluding tert-OH is 1. The molecule has 0 spiro atoms. The summed E-state index contributed by atoms with van der Waals surface area (Å²) in [5.74, 6) is -0.718. The molecule has 3 atom stereocenters. The molecule has 0 saturated heterocycles. The van der Waals surface area contributed by atoms with Crippen molar-refractivity contribution in [1.82, 2.24) is 14.8 Å². The Balaban J connectivity index is 1.20. The summed E-state index contributed by atoms with van der Waals surface area (Å²) in [4.78, 5) is 48.4. The number of para-hydroxylation sites is 3. The zero-order valence-corrected chi connectivity index (χ0v) is 30.1. The molecule has 0 fully saturated rings. The number of ether oxygens (including phenoxy) is 1. The summed E-state index contributed by atoms with van der Waals surface area (Å²) >= 11 is 1.52. The minimum Gasteiger partial charge on any atom is -0.486 e. The van der Waals surface area contributed by atoms with Gasteiger partial charge in [0.1, 0.15) is 11.1 Å². The van der Waals surface area contributed by atoms with Crippen LogP contribution in [0.2, 0.25) is 0 Å². The molecule has 268 valence electrons. The minimum atomic E-state index is -0.428. The van der Waals surface area contributed by atoms with E-state index >= 15 is 0 Å². The van der Waals surface area contributed by atoms with Crippen LogP contribution in [0.4, 0.5) is 17.1 Å². The molecule has 0 radical (unpaired) electrons. The number of anilines is 3. The third-order valence-electron chi connectivity index (χ3n) is 9.13. The van der Waals surface area contributed by atoms with E-state index in [9.17, 15) is 19.5 Å². The van der Waals surface area contributed by atoms with Crippen LogP contribution in [0.15, 0.2) is 103 Å². The molecule has 5 aromatic rings. The van der Waals surface area contributed by atoms with Crippen molar-refractivity contribution in [1.29, 1.82) is 0 Å². The van der Waals surface area contributed by atoms with Crippen LogP contribution in [0, 0.1) is 5.92 Å². The smallest absolute Gasteiger partial charge is 0.258 e. The van der Waals surface area contributed by atoms with Crippen LogP contribution >= 0.6 is 11.3 Å². The summed E-state index contributed by atoms with van der Waals surface area (Å²) in [7, 11) is 1.98. The molecule has 6 rings (SSSR count). The van der Waals surface area contributed by atoms with Gasteiger partial charge in [-0.3, -0.25) is 19.3 Å². The van der Waals surface area contributed by atoms with Crippen LogP contribution in [-0.4, -0.2) is 76.5 Å². The van der Waals surface area contributed by atoms with E-state index in [2.05, 4.69) is 20.5 Å². The number of carbonyl (C=O) groups is 3. The highest BCUT2D eigenvalue weighted by atomic mass is 32.1. The van der Waals surface area contributed by atoms with Crippen LogP contribution in [0.1, 0.15) is 50.5 Å². The molecule has 4 aromatic carbocycles. The van der Waals surface area contributed by atoms with Crippen molar-refractivity contribution in [3.8, 4) is 16.3 Å². The molecule has 2 heterocycles.